The van der Waals surface area contributed by atoms with E-state index in [9.17, 15) is 14.9 Å². The number of carbonyl (C=O) groups is 1. The summed E-state index contributed by atoms with van der Waals surface area (Å²) in [5, 5.41) is 13.3. The molecule has 0 bridgehead atoms. The molecule has 0 radical (unpaired) electrons. The molecule has 1 unspecified atom stereocenters. The van der Waals surface area contributed by atoms with Crippen LogP contribution in [0.5, 0.6) is 0 Å². The van der Waals surface area contributed by atoms with Gasteiger partial charge in [0.1, 0.15) is 10.7 Å². The van der Waals surface area contributed by atoms with Gasteiger partial charge in [-0.05, 0) is 19.8 Å². The topological polar surface area (TPSA) is 85.4 Å². The van der Waals surface area contributed by atoms with Crippen molar-refractivity contribution < 1.29 is 14.1 Å². The first-order valence-corrected chi connectivity index (χ1v) is 5.38. The lowest BCUT2D eigenvalue weighted by Gasteiger charge is -2.16. The van der Waals surface area contributed by atoms with Gasteiger partial charge in [-0.15, -0.1) is 0 Å². The van der Waals surface area contributed by atoms with Gasteiger partial charge in [0.05, 0.1) is 11.6 Å². The zero-order valence-corrected chi connectivity index (χ0v) is 10.3. The molecular formula is C11H16N2O4. The third-order valence-corrected chi connectivity index (χ3v) is 2.69. The first-order chi connectivity index (χ1) is 7.82. The minimum atomic E-state index is -0.657. The molecule has 0 spiro atoms. The Morgan fingerprint density at radius 1 is 1.47 bits per heavy atom. The third-order valence-electron chi connectivity index (χ3n) is 2.69. The number of hydrogen-bond acceptors (Lipinski definition) is 4. The van der Waals surface area contributed by atoms with Crippen LogP contribution in [0.1, 0.15) is 36.9 Å². The van der Waals surface area contributed by atoms with Crippen molar-refractivity contribution in [3.63, 3.8) is 0 Å². The van der Waals surface area contributed by atoms with Gasteiger partial charge in [0, 0.05) is 6.04 Å². The van der Waals surface area contributed by atoms with E-state index in [4.69, 9.17) is 4.42 Å². The molecule has 0 saturated carbocycles. The molecule has 17 heavy (non-hydrogen) atoms. The maximum atomic E-state index is 11.8. The molecule has 0 aliphatic rings. The molecule has 0 aliphatic carbocycles. The second-order valence-corrected chi connectivity index (χ2v) is 4.32. The van der Waals surface area contributed by atoms with Gasteiger partial charge in [0.15, 0.2) is 0 Å². The van der Waals surface area contributed by atoms with Gasteiger partial charge in [0.2, 0.25) is 0 Å². The first kappa shape index (κ1) is 13.2. The van der Waals surface area contributed by atoms with E-state index in [1.54, 1.807) is 0 Å². The number of aryl methyl sites for hydroxylation is 1. The Morgan fingerprint density at radius 3 is 2.47 bits per heavy atom. The van der Waals surface area contributed by atoms with Crippen LogP contribution < -0.4 is 5.32 Å². The highest BCUT2D eigenvalue weighted by molar-refractivity contribution is 5.95. The van der Waals surface area contributed by atoms with Crippen molar-refractivity contribution in [2.24, 2.45) is 5.92 Å². The SMILES string of the molecule is Cc1oc([N+](=O)[O-])cc1C(=O)NC(C)C(C)C. The van der Waals surface area contributed by atoms with Crippen LogP contribution in [-0.2, 0) is 0 Å². The van der Waals surface area contributed by atoms with Crippen LogP contribution in [0.2, 0.25) is 0 Å². The normalized spacial score (nSPS) is 12.5. The Bertz CT molecular complexity index is 437. The van der Waals surface area contributed by atoms with Crippen molar-refractivity contribution >= 4 is 11.8 Å². The van der Waals surface area contributed by atoms with Gasteiger partial charge in [-0.1, -0.05) is 13.8 Å². The standard InChI is InChI=1S/C11H16N2O4/c1-6(2)7(3)12-11(14)9-5-10(13(15)16)17-8(9)4/h5-7H,1-4H3,(H,12,14). The highest BCUT2D eigenvalue weighted by Crippen LogP contribution is 2.21. The van der Waals surface area contributed by atoms with Gasteiger partial charge in [-0.2, -0.15) is 0 Å². The second-order valence-electron chi connectivity index (χ2n) is 4.32. The van der Waals surface area contributed by atoms with E-state index in [1.807, 2.05) is 20.8 Å². The molecule has 1 amide bonds. The predicted molar refractivity (Wildman–Crippen MR) is 61.9 cm³/mol. The number of nitrogens with one attached hydrogen (secondary N) is 1. The largest absolute Gasteiger partial charge is 0.434 e. The van der Waals surface area contributed by atoms with Crippen molar-refractivity contribution in [3.8, 4) is 0 Å². The van der Waals surface area contributed by atoms with Crippen molar-refractivity contribution in [1.29, 1.82) is 0 Å². The predicted octanol–water partition coefficient (Wildman–Crippen LogP) is 2.27. The lowest BCUT2D eigenvalue weighted by Crippen LogP contribution is -2.36. The Morgan fingerprint density at radius 2 is 2.06 bits per heavy atom. The Balaban J connectivity index is 2.86. The van der Waals surface area contributed by atoms with E-state index in [-0.39, 0.29) is 23.3 Å². The molecule has 1 aromatic heterocycles. The van der Waals surface area contributed by atoms with Crippen LogP contribution in [0.25, 0.3) is 0 Å². The number of nitro groups is 1. The van der Waals surface area contributed by atoms with E-state index < -0.39 is 10.8 Å². The minimum absolute atomic E-state index is 0.00384. The number of carbonyl (C=O) groups excluding carboxylic acids is 1. The van der Waals surface area contributed by atoms with Crippen molar-refractivity contribution in [1.82, 2.24) is 5.32 Å². The summed E-state index contributed by atoms with van der Waals surface area (Å²) < 4.78 is 4.88. The molecular weight excluding hydrogens is 224 g/mol. The summed E-state index contributed by atoms with van der Waals surface area (Å²) in [5.74, 6) is -0.211. The van der Waals surface area contributed by atoms with Crippen molar-refractivity contribution in [3.05, 3.63) is 27.5 Å². The lowest BCUT2D eigenvalue weighted by molar-refractivity contribution is -0.402. The molecule has 1 rings (SSSR count). The fourth-order valence-electron chi connectivity index (χ4n) is 1.23. The smallest absolute Gasteiger partial charge is 0.405 e. The number of rotatable bonds is 4. The monoisotopic (exact) mass is 240 g/mol. The summed E-state index contributed by atoms with van der Waals surface area (Å²) in [4.78, 5) is 21.7. The molecule has 6 nitrogen and oxygen atoms in total. The molecule has 94 valence electrons. The molecule has 1 aromatic rings. The molecule has 0 aromatic carbocycles. The van der Waals surface area contributed by atoms with E-state index >= 15 is 0 Å². The van der Waals surface area contributed by atoms with Crippen LogP contribution in [0, 0.1) is 23.0 Å². The summed E-state index contributed by atoms with van der Waals surface area (Å²) in [5.41, 5.74) is 0.212. The quantitative estimate of drug-likeness (QED) is 0.646. The molecule has 0 aliphatic heterocycles. The number of hydrogen-bond donors (Lipinski definition) is 1. The maximum Gasteiger partial charge on any atom is 0.434 e. The average Bonchev–Trinajstić information content (AvgIpc) is 2.60. The van der Waals surface area contributed by atoms with Gasteiger partial charge in [-0.25, -0.2) is 0 Å². The molecule has 0 fully saturated rings. The molecule has 0 saturated heterocycles. The van der Waals surface area contributed by atoms with Gasteiger partial charge in [0.25, 0.3) is 5.91 Å². The minimum Gasteiger partial charge on any atom is -0.405 e. The number of amides is 1. The van der Waals surface area contributed by atoms with E-state index in [2.05, 4.69) is 5.32 Å². The summed E-state index contributed by atoms with van der Waals surface area (Å²) >= 11 is 0. The fourth-order valence-corrected chi connectivity index (χ4v) is 1.23. The summed E-state index contributed by atoms with van der Waals surface area (Å²) in [6.45, 7) is 7.37. The van der Waals surface area contributed by atoms with E-state index in [0.717, 1.165) is 6.07 Å². The molecule has 6 heteroatoms. The molecule has 1 atom stereocenters. The average molecular weight is 240 g/mol. The second kappa shape index (κ2) is 4.99. The summed E-state index contributed by atoms with van der Waals surface area (Å²) in [6.07, 6.45) is 0. The van der Waals surface area contributed by atoms with Crippen molar-refractivity contribution in [2.45, 2.75) is 33.7 Å². The van der Waals surface area contributed by atoms with Crippen LogP contribution in [-0.4, -0.2) is 16.9 Å². The van der Waals surface area contributed by atoms with E-state index in [1.165, 1.54) is 6.92 Å². The highest BCUT2D eigenvalue weighted by atomic mass is 16.6. The first-order valence-electron chi connectivity index (χ1n) is 5.38. The Kier molecular flexibility index (Phi) is 3.88. The van der Waals surface area contributed by atoms with Gasteiger partial charge < -0.3 is 9.73 Å². The maximum absolute atomic E-state index is 11.8. The lowest BCUT2D eigenvalue weighted by atomic mass is 10.1. The van der Waals surface area contributed by atoms with Crippen LogP contribution in [0.4, 0.5) is 5.88 Å². The highest BCUT2D eigenvalue weighted by Gasteiger charge is 2.22. The number of furan rings is 1. The van der Waals surface area contributed by atoms with Crippen LogP contribution in [0.15, 0.2) is 10.5 Å². The van der Waals surface area contributed by atoms with E-state index in [0.29, 0.717) is 5.92 Å². The summed E-state index contributed by atoms with van der Waals surface area (Å²) in [7, 11) is 0. The van der Waals surface area contributed by atoms with Gasteiger partial charge in [-0.3, -0.25) is 14.9 Å². The molecule has 1 N–H and O–H groups in total. The van der Waals surface area contributed by atoms with Crippen molar-refractivity contribution in [2.75, 3.05) is 0 Å². The Hall–Kier alpha value is -1.85. The Labute approximate surface area is 99.1 Å². The zero-order valence-electron chi connectivity index (χ0n) is 10.3. The zero-order chi connectivity index (χ0) is 13.2. The van der Waals surface area contributed by atoms with Crippen LogP contribution in [0.3, 0.4) is 0 Å². The third kappa shape index (κ3) is 3.05. The van der Waals surface area contributed by atoms with Gasteiger partial charge >= 0.3 is 5.88 Å². The summed E-state index contributed by atoms with van der Waals surface area (Å²) in [6, 6.07) is 1.15. The fraction of sp³-hybridized carbons (Fsp3) is 0.545. The number of nitrogens with zero attached hydrogens (tertiary/aromatic N) is 1. The van der Waals surface area contributed by atoms with Crippen LogP contribution >= 0.6 is 0 Å². The molecule has 1 heterocycles.